The fourth-order valence-electron chi connectivity index (χ4n) is 4.29. The maximum atomic E-state index is 13.5. The summed E-state index contributed by atoms with van der Waals surface area (Å²) in [6.07, 6.45) is 5.36. The van der Waals surface area contributed by atoms with Crippen molar-refractivity contribution in [3.8, 4) is 11.3 Å². The minimum atomic E-state index is -0.561. The molecular formula is C27H27N5O2. The molecular weight excluding hydrogens is 426 g/mol. The van der Waals surface area contributed by atoms with E-state index in [9.17, 15) is 9.59 Å². The van der Waals surface area contributed by atoms with Crippen LogP contribution in [-0.2, 0) is 11.2 Å². The van der Waals surface area contributed by atoms with Crippen LogP contribution in [0.3, 0.4) is 0 Å². The van der Waals surface area contributed by atoms with Crippen LogP contribution in [0.25, 0.3) is 22.0 Å². The van der Waals surface area contributed by atoms with Crippen molar-refractivity contribution in [2.45, 2.75) is 33.2 Å². The van der Waals surface area contributed by atoms with E-state index < -0.39 is 5.91 Å². The summed E-state index contributed by atoms with van der Waals surface area (Å²) < 4.78 is 0. The molecule has 4 N–H and O–H groups in total. The summed E-state index contributed by atoms with van der Waals surface area (Å²) in [4.78, 5) is 35.7. The highest BCUT2D eigenvalue weighted by Crippen LogP contribution is 2.36. The third-order valence-corrected chi connectivity index (χ3v) is 5.98. The molecule has 0 atom stereocenters. The summed E-state index contributed by atoms with van der Waals surface area (Å²) in [5.41, 5.74) is 16.3. The molecule has 7 nitrogen and oxygen atoms in total. The van der Waals surface area contributed by atoms with E-state index in [0.717, 1.165) is 21.9 Å². The molecule has 2 amide bonds. The van der Waals surface area contributed by atoms with Gasteiger partial charge in [0.25, 0.3) is 5.91 Å². The highest BCUT2D eigenvalue weighted by atomic mass is 16.2. The normalized spacial score (nSPS) is 11.1. The predicted octanol–water partition coefficient (Wildman–Crippen LogP) is 4.27. The first-order valence-corrected chi connectivity index (χ1v) is 11.1. The number of nitrogens with zero attached hydrogens (tertiary/aromatic N) is 3. The zero-order chi connectivity index (χ0) is 24.4. The average molecular weight is 454 g/mol. The first kappa shape index (κ1) is 22.9. The van der Waals surface area contributed by atoms with Gasteiger partial charge in [-0.1, -0.05) is 24.3 Å². The number of pyridine rings is 2. The number of fused-ring (bicyclic) bond motifs is 1. The van der Waals surface area contributed by atoms with Gasteiger partial charge in [0.1, 0.15) is 0 Å². The number of rotatable bonds is 6. The van der Waals surface area contributed by atoms with Crippen LogP contribution in [0.4, 0.5) is 11.4 Å². The smallest absolute Gasteiger partial charge is 0.250 e. The largest absolute Gasteiger partial charge is 0.397 e. The lowest BCUT2D eigenvalue weighted by molar-refractivity contribution is -0.118. The van der Waals surface area contributed by atoms with Gasteiger partial charge in [-0.05, 0) is 61.5 Å². The number of benzene rings is 2. The third kappa shape index (κ3) is 4.20. The second kappa shape index (κ2) is 9.31. The second-order valence-corrected chi connectivity index (χ2v) is 8.48. The van der Waals surface area contributed by atoms with E-state index in [2.05, 4.69) is 9.97 Å². The molecule has 172 valence electrons. The molecule has 0 radical (unpaired) electrons. The Bertz CT molecular complexity index is 1390. The third-order valence-electron chi connectivity index (χ3n) is 5.98. The lowest BCUT2D eigenvalue weighted by atomic mass is 9.97. The number of nitrogen functional groups attached to an aromatic ring is 1. The molecule has 0 unspecified atom stereocenters. The monoisotopic (exact) mass is 453 g/mol. The fourth-order valence-corrected chi connectivity index (χ4v) is 4.29. The average Bonchev–Trinajstić information content (AvgIpc) is 2.82. The van der Waals surface area contributed by atoms with Crippen molar-refractivity contribution in [2.75, 3.05) is 10.6 Å². The summed E-state index contributed by atoms with van der Waals surface area (Å²) >= 11 is 0. The summed E-state index contributed by atoms with van der Waals surface area (Å²) in [7, 11) is 0. The number of anilines is 2. The van der Waals surface area contributed by atoms with Crippen molar-refractivity contribution in [3.05, 3.63) is 83.8 Å². The maximum absolute atomic E-state index is 13.5. The molecule has 0 saturated heterocycles. The molecule has 34 heavy (non-hydrogen) atoms. The number of primary amides is 1. The summed E-state index contributed by atoms with van der Waals surface area (Å²) in [5.74, 6) is -0.622. The molecule has 0 saturated carbocycles. The minimum absolute atomic E-state index is 0.0613. The van der Waals surface area contributed by atoms with Crippen LogP contribution in [0.15, 0.2) is 67.1 Å². The number of nitrogens with two attached hydrogens (primary N) is 2. The van der Waals surface area contributed by atoms with Gasteiger partial charge in [0.05, 0.1) is 29.1 Å². The Balaban J connectivity index is 1.73. The van der Waals surface area contributed by atoms with Crippen LogP contribution in [0.1, 0.15) is 35.3 Å². The van der Waals surface area contributed by atoms with E-state index in [1.807, 2.05) is 57.2 Å². The van der Waals surface area contributed by atoms with Crippen molar-refractivity contribution in [1.29, 1.82) is 0 Å². The molecule has 7 heteroatoms. The van der Waals surface area contributed by atoms with Crippen LogP contribution in [0.5, 0.6) is 0 Å². The molecule has 2 aromatic heterocycles. The Kier molecular flexibility index (Phi) is 6.27. The van der Waals surface area contributed by atoms with E-state index in [-0.39, 0.29) is 18.4 Å². The van der Waals surface area contributed by atoms with E-state index in [4.69, 9.17) is 11.5 Å². The van der Waals surface area contributed by atoms with Crippen LogP contribution >= 0.6 is 0 Å². The quantitative estimate of drug-likeness (QED) is 0.423. The Morgan fingerprint density at radius 1 is 1.03 bits per heavy atom. The van der Waals surface area contributed by atoms with Gasteiger partial charge in [-0.2, -0.15) is 0 Å². The zero-order valence-corrected chi connectivity index (χ0v) is 19.4. The first-order valence-electron chi connectivity index (χ1n) is 11.1. The van der Waals surface area contributed by atoms with Crippen molar-refractivity contribution in [2.24, 2.45) is 5.73 Å². The van der Waals surface area contributed by atoms with Gasteiger partial charge >= 0.3 is 0 Å². The minimum Gasteiger partial charge on any atom is -0.397 e. The Morgan fingerprint density at radius 2 is 1.82 bits per heavy atom. The van der Waals surface area contributed by atoms with Gasteiger partial charge < -0.3 is 16.4 Å². The van der Waals surface area contributed by atoms with Crippen molar-refractivity contribution in [3.63, 3.8) is 0 Å². The summed E-state index contributed by atoms with van der Waals surface area (Å²) in [6.45, 7) is 5.77. The SMILES string of the molecule is Cc1c(-c2ncccc2C(N)=O)ccc(N(C(=O)Cc2cccc3cnccc23)C(C)C)c1N. The summed E-state index contributed by atoms with van der Waals surface area (Å²) in [5, 5.41) is 1.99. The number of carbonyl (C=O) groups excluding carboxylic acids is 2. The maximum Gasteiger partial charge on any atom is 0.250 e. The first-order chi connectivity index (χ1) is 16.3. The standard InChI is InChI=1S/C27H27N5O2/c1-16(2)32(24(33)14-18-6-4-7-19-15-30-13-11-21(18)19)23-10-9-20(17(3)25(23)28)26-22(27(29)34)8-5-12-31-26/h4-13,15-16H,14,28H2,1-3H3,(H2,29,34). The molecule has 0 aliphatic rings. The Morgan fingerprint density at radius 3 is 2.56 bits per heavy atom. The molecule has 0 aliphatic carbocycles. The molecule has 4 aromatic rings. The Labute approximate surface area is 198 Å². The van der Waals surface area contributed by atoms with Crippen molar-refractivity contribution < 1.29 is 9.59 Å². The number of hydrogen-bond donors (Lipinski definition) is 2. The van der Waals surface area contributed by atoms with Gasteiger partial charge in [-0.25, -0.2) is 0 Å². The number of amides is 2. The molecule has 0 bridgehead atoms. The van der Waals surface area contributed by atoms with Crippen LogP contribution in [0, 0.1) is 6.92 Å². The molecule has 0 spiro atoms. The van der Waals surface area contributed by atoms with Crippen LogP contribution in [0.2, 0.25) is 0 Å². The highest BCUT2D eigenvalue weighted by Gasteiger charge is 2.24. The van der Waals surface area contributed by atoms with Gasteiger partial charge in [0.15, 0.2) is 0 Å². The molecule has 2 heterocycles. The van der Waals surface area contributed by atoms with Gasteiger partial charge in [0, 0.05) is 35.6 Å². The van der Waals surface area contributed by atoms with Gasteiger partial charge in [0.2, 0.25) is 5.91 Å². The van der Waals surface area contributed by atoms with Crippen LogP contribution in [-0.4, -0.2) is 27.8 Å². The number of aromatic nitrogens is 2. The van der Waals surface area contributed by atoms with Gasteiger partial charge in [-0.15, -0.1) is 0 Å². The number of carbonyl (C=O) groups is 2. The lowest BCUT2D eigenvalue weighted by Crippen LogP contribution is -2.38. The number of hydrogen-bond acceptors (Lipinski definition) is 5. The highest BCUT2D eigenvalue weighted by molar-refractivity contribution is 6.03. The predicted molar refractivity (Wildman–Crippen MR) is 135 cm³/mol. The lowest BCUT2D eigenvalue weighted by Gasteiger charge is -2.29. The zero-order valence-electron chi connectivity index (χ0n) is 19.4. The van der Waals surface area contributed by atoms with Gasteiger partial charge in [-0.3, -0.25) is 19.6 Å². The van der Waals surface area contributed by atoms with E-state index in [1.165, 1.54) is 0 Å². The molecule has 0 fully saturated rings. The van der Waals surface area contributed by atoms with Crippen molar-refractivity contribution >= 4 is 34.0 Å². The second-order valence-electron chi connectivity index (χ2n) is 8.48. The molecule has 2 aromatic carbocycles. The van der Waals surface area contributed by atoms with E-state index in [1.54, 1.807) is 35.6 Å². The fraction of sp³-hybridized carbons (Fsp3) is 0.185. The Hall–Kier alpha value is -4.26. The molecule has 0 aliphatic heterocycles. The van der Waals surface area contributed by atoms with Crippen molar-refractivity contribution in [1.82, 2.24) is 9.97 Å². The van der Waals surface area contributed by atoms with E-state index >= 15 is 0 Å². The molecule has 4 rings (SSSR count). The van der Waals surface area contributed by atoms with E-state index in [0.29, 0.717) is 28.2 Å². The topological polar surface area (TPSA) is 115 Å². The summed E-state index contributed by atoms with van der Waals surface area (Å²) in [6, 6.07) is 14.6. The van der Waals surface area contributed by atoms with Crippen LogP contribution < -0.4 is 16.4 Å².